The summed E-state index contributed by atoms with van der Waals surface area (Å²) in [6.45, 7) is 4.57. The Labute approximate surface area is 127 Å². The van der Waals surface area contributed by atoms with Crippen LogP contribution < -0.4 is 19.5 Å². The van der Waals surface area contributed by atoms with Crippen molar-refractivity contribution in [2.45, 2.75) is 39.2 Å². The van der Waals surface area contributed by atoms with Gasteiger partial charge in [-0.1, -0.05) is 19.8 Å². The Balaban J connectivity index is 2.12. The Morgan fingerprint density at radius 1 is 1.10 bits per heavy atom. The molecule has 1 aliphatic rings. The van der Waals surface area contributed by atoms with Crippen LogP contribution in [-0.2, 0) is 6.54 Å². The number of ether oxygens (including phenoxy) is 3. The van der Waals surface area contributed by atoms with E-state index in [1.807, 2.05) is 12.1 Å². The van der Waals surface area contributed by atoms with Crippen molar-refractivity contribution in [1.82, 2.24) is 5.32 Å². The van der Waals surface area contributed by atoms with Crippen LogP contribution >= 0.6 is 0 Å². The zero-order valence-electron chi connectivity index (χ0n) is 13.4. The van der Waals surface area contributed by atoms with Gasteiger partial charge < -0.3 is 19.5 Å². The normalized spacial score (nSPS) is 15.2. The van der Waals surface area contributed by atoms with Gasteiger partial charge in [-0.05, 0) is 43.0 Å². The second-order valence-electron chi connectivity index (χ2n) is 5.57. The highest BCUT2D eigenvalue weighted by Gasteiger charge is 2.19. The zero-order chi connectivity index (χ0) is 15.1. The van der Waals surface area contributed by atoms with E-state index in [4.69, 9.17) is 14.2 Å². The summed E-state index contributed by atoms with van der Waals surface area (Å²) in [6.07, 6.45) is 5.18. The summed E-state index contributed by atoms with van der Waals surface area (Å²) in [7, 11) is 3.35. The first kappa shape index (κ1) is 16.0. The fourth-order valence-electron chi connectivity index (χ4n) is 2.83. The summed E-state index contributed by atoms with van der Waals surface area (Å²) in [5, 5.41) is 3.31. The third kappa shape index (κ3) is 4.27. The highest BCUT2D eigenvalue weighted by Crippen LogP contribution is 2.39. The third-order valence-electron chi connectivity index (χ3n) is 4.04. The smallest absolute Gasteiger partial charge is 0.203 e. The van der Waals surface area contributed by atoms with Gasteiger partial charge in [-0.15, -0.1) is 0 Å². The monoisotopic (exact) mass is 293 g/mol. The first-order chi connectivity index (χ1) is 10.3. The fraction of sp³-hybridized carbons (Fsp3) is 0.647. The van der Waals surface area contributed by atoms with Gasteiger partial charge in [-0.3, -0.25) is 0 Å². The number of methoxy groups -OCH3 is 2. The molecule has 1 saturated carbocycles. The average Bonchev–Trinajstić information content (AvgIpc) is 3.03. The van der Waals surface area contributed by atoms with Crippen LogP contribution in [-0.4, -0.2) is 27.4 Å². The Morgan fingerprint density at radius 2 is 1.71 bits per heavy atom. The van der Waals surface area contributed by atoms with Gasteiger partial charge in [0.05, 0.1) is 20.8 Å². The summed E-state index contributed by atoms with van der Waals surface area (Å²) >= 11 is 0. The quantitative estimate of drug-likeness (QED) is 0.797. The minimum Gasteiger partial charge on any atom is -0.493 e. The zero-order valence-corrected chi connectivity index (χ0v) is 13.4. The third-order valence-corrected chi connectivity index (χ3v) is 4.04. The predicted molar refractivity (Wildman–Crippen MR) is 84.4 cm³/mol. The molecule has 2 rings (SSSR count). The predicted octanol–water partition coefficient (Wildman–Crippen LogP) is 3.38. The van der Waals surface area contributed by atoms with E-state index < -0.39 is 0 Å². The molecule has 0 amide bonds. The fourth-order valence-corrected chi connectivity index (χ4v) is 2.83. The highest BCUT2D eigenvalue weighted by molar-refractivity contribution is 5.53. The van der Waals surface area contributed by atoms with E-state index in [-0.39, 0.29) is 0 Å². The first-order valence-corrected chi connectivity index (χ1v) is 7.86. The molecule has 0 saturated heterocycles. The van der Waals surface area contributed by atoms with Crippen molar-refractivity contribution < 1.29 is 14.2 Å². The maximum absolute atomic E-state index is 6.02. The number of nitrogens with one attached hydrogen (secondary N) is 1. The highest BCUT2D eigenvalue weighted by atomic mass is 16.5. The lowest BCUT2D eigenvalue weighted by molar-refractivity contribution is 0.229. The van der Waals surface area contributed by atoms with E-state index in [0.29, 0.717) is 5.92 Å². The number of benzene rings is 1. The van der Waals surface area contributed by atoms with Crippen LogP contribution in [0.4, 0.5) is 0 Å². The molecule has 0 aromatic heterocycles. The Bertz CT molecular complexity index is 417. The maximum atomic E-state index is 6.02. The standard InChI is InChI=1S/C17H27NO3/c1-4-18-11-14-9-15(19-2)17(16(10-14)20-3)21-12-13-7-5-6-8-13/h9-10,13,18H,4-8,11-12H2,1-3H3. The topological polar surface area (TPSA) is 39.7 Å². The minimum atomic E-state index is 0.667. The van der Waals surface area contributed by atoms with Crippen LogP contribution in [0.3, 0.4) is 0 Å². The van der Waals surface area contributed by atoms with Crippen molar-refractivity contribution >= 4 is 0 Å². The van der Waals surface area contributed by atoms with E-state index in [1.54, 1.807) is 14.2 Å². The Kier molecular flexibility index (Phi) is 6.18. The van der Waals surface area contributed by atoms with Crippen molar-refractivity contribution in [3.8, 4) is 17.2 Å². The summed E-state index contributed by atoms with van der Waals surface area (Å²) in [6, 6.07) is 4.05. The Morgan fingerprint density at radius 3 is 2.24 bits per heavy atom. The van der Waals surface area contributed by atoms with Crippen LogP contribution in [0.1, 0.15) is 38.2 Å². The van der Waals surface area contributed by atoms with Crippen molar-refractivity contribution in [3.05, 3.63) is 17.7 Å². The largest absolute Gasteiger partial charge is 0.493 e. The van der Waals surface area contributed by atoms with Gasteiger partial charge in [0.25, 0.3) is 0 Å². The van der Waals surface area contributed by atoms with Crippen LogP contribution in [0, 0.1) is 5.92 Å². The molecule has 4 heteroatoms. The van der Waals surface area contributed by atoms with Crippen molar-refractivity contribution in [2.75, 3.05) is 27.4 Å². The molecule has 0 atom stereocenters. The summed E-state index contributed by atoms with van der Waals surface area (Å²) in [4.78, 5) is 0. The maximum Gasteiger partial charge on any atom is 0.203 e. The summed E-state index contributed by atoms with van der Waals surface area (Å²) in [5.74, 6) is 2.90. The second-order valence-corrected chi connectivity index (χ2v) is 5.57. The summed E-state index contributed by atoms with van der Waals surface area (Å²) in [5.41, 5.74) is 1.14. The second kappa shape index (κ2) is 8.13. The molecule has 0 radical (unpaired) electrons. The number of hydrogen-bond donors (Lipinski definition) is 1. The lowest BCUT2D eigenvalue weighted by Crippen LogP contribution is -2.13. The molecular formula is C17H27NO3. The number of rotatable bonds is 8. The van der Waals surface area contributed by atoms with Gasteiger partial charge in [-0.25, -0.2) is 0 Å². The molecule has 1 aliphatic carbocycles. The van der Waals surface area contributed by atoms with Crippen LogP contribution in [0.2, 0.25) is 0 Å². The van der Waals surface area contributed by atoms with Gasteiger partial charge in [0.2, 0.25) is 5.75 Å². The SMILES string of the molecule is CCNCc1cc(OC)c(OCC2CCCC2)c(OC)c1. The Hall–Kier alpha value is -1.42. The van der Waals surface area contributed by atoms with E-state index in [0.717, 1.165) is 42.5 Å². The lowest BCUT2D eigenvalue weighted by Gasteiger charge is -2.18. The number of hydrogen-bond acceptors (Lipinski definition) is 4. The minimum absolute atomic E-state index is 0.667. The van der Waals surface area contributed by atoms with Crippen LogP contribution in [0.25, 0.3) is 0 Å². The molecule has 21 heavy (non-hydrogen) atoms. The molecule has 0 unspecified atom stereocenters. The average molecular weight is 293 g/mol. The molecule has 0 heterocycles. The van der Waals surface area contributed by atoms with Crippen molar-refractivity contribution in [1.29, 1.82) is 0 Å². The molecule has 0 bridgehead atoms. The molecule has 1 aromatic carbocycles. The molecule has 118 valence electrons. The lowest BCUT2D eigenvalue weighted by atomic mass is 10.1. The molecule has 1 N–H and O–H groups in total. The van der Waals surface area contributed by atoms with E-state index in [1.165, 1.54) is 25.7 Å². The van der Waals surface area contributed by atoms with E-state index in [9.17, 15) is 0 Å². The molecule has 1 fully saturated rings. The van der Waals surface area contributed by atoms with E-state index in [2.05, 4.69) is 12.2 Å². The van der Waals surface area contributed by atoms with Gasteiger partial charge in [0.15, 0.2) is 11.5 Å². The molecule has 4 nitrogen and oxygen atoms in total. The molecule has 0 spiro atoms. The van der Waals surface area contributed by atoms with Crippen molar-refractivity contribution in [3.63, 3.8) is 0 Å². The van der Waals surface area contributed by atoms with Gasteiger partial charge >= 0.3 is 0 Å². The molecular weight excluding hydrogens is 266 g/mol. The van der Waals surface area contributed by atoms with Crippen LogP contribution in [0.5, 0.6) is 17.2 Å². The van der Waals surface area contributed by atoms with Gasteiger partial charge in [-0.2, -0.15) is 0 Å². The van der Waals surface area contributed by atoms with Crippen LogP contribution in [0.15, 0.2) is 12.1 Å². The first-order valence-electron chi connectivity index (χ1n) is 7.86. The summed E-state index contributed by atoms with van der Waals surface area (Å²) < 4.78 is 17.0. The molecule has 1 aromatic rings. The molecule has 0 aliphatic heterocycles. The van der Waals surface area contributed by atoms with E-state index >= 15 is 0 Å². The van der Waals surface area contributed by atoms with Crippen molar-refractivity contribution in [2.24, 2.45) is 5.92 Å². The van der Waals surface area contributed by atoms with Gasteiger partial charge in [0, 0.05) is 6.54 Å². The van der Waals surface area contributed by atoms with Gasteiger partial charge in [0.1, 0.15) is 0 Å².